The third-order valence-electron chi connectivity index (χ3n) is 3.42. The number of hydrogen-bond donors (Lipinski definition) is 0. The van der Waals surface area contributed by atoms with E-state index in [4.69, 9.17) is 4.74 Å². The predicted octanol–water partition coefficient (Wildman–Crippen LogP) is 4.58. The van der Waals surface area contributed by atoms with E-state index < -0.39 is 0 Å². The topological polar surface area (TPSA) is 35.0 Å². The molecule has 0 fully saturated rings. The lowest BCUT2D eigenvalue weighted by Gasteiger charge is -2.07. The summed E-state index contributed by atoms with van der Waals surface area (Å²) in [4.78, 5) is 8.72. The fraction of sp³-hybridized carbons (Fsp3) is 0. The summed E-state index contributed by atoms with van der Waals surface area (Å²) in [6, 6.07) is 22.3. The Morgan fingerprint density at radius 1 is 0.714 bits per heavy atom. The van der Waals surface area contributed by atoms with Crippen molar-refractivity contribution in [2.24, 2.45) is 0 Å². The summed E-state index contributed by atoms with van der Waals surface area (Å²) in [5.74, 6) is 0.767. The number of hydrogen-bond acceptors (Lipinski definition) is 3. The van der Waals surface area contributed by atoms with Crippen molar-refractivity contribution in [3.63, 3.8) is 0 Å². The second-order valence-corrected chi connectivity index (χ2v) is 4.79. The van der Waals surface area contributed by atoms with Crippen molar-refractivity contribution in [1.29, 1.82) is 0 Å². The van der Waals surface area contributed by atoms with Crippen LogP contribution < -0.4 is 4.74 Å². The van der Waals surface area contributed by atoms with Gasteiger partial charge in [0.25, 0.3) is 0 Å². The molecule has 0 N–H and O–H groups in total. The molecule has 3 aromatic carbocycles. The van der Waals surface area contributed by atoms with E-state index in [0.717, 1.165) is 27.4 Å². The third-order valence-corrected chi connectivity index (χ3v) is 3.42. The number of nitrogens with zero attached hydrogens (tertiary/aromatic N) is 2. The molecule has 0 radical (unpaired) electrons. The molecule has 4 aromatic rings. The lowest BCUT2D eigenvalue weighted by atomic mass is 10.1. The van der Waals surface area contributed by atoms with Gasteiger partial charge in [-0.2, -0.15) is 4.98 Å². The maximum atomic E-state index is 5.88. The molecule has 3 heteroatoms. The fourth-order valence-corrected chi connectivity index (χ4v) is 2.39. The van der Waals surface area contributed by atoms with Crippen molar-refractivity contribution in [2.75, 3.05) is 0 Å². The van der Waals surface area contributed by atoms with E-state index in [-0.39, 0.29) is 0 Å². The van der Waals surface area contributed by atoms with Gasteiger partial charge in [-0.3, -0.25) is 0 Å². The summed E-state index contributed by atoms with van der Waals surface area (Å²) in [6.07, 6.45) is 1.78. The highest BCUT2D eigenvalue weighted by Gasteiger charge is 2.05. The zero-order valence-electron chi connectivity index (χ0n) is 11.2. The lowest BCUT2D eigenvalue weighted by molar-refractivity contribution is 0.449. The van der Waals surface area contributed by atoms with Crippen molar-refractivity contribution in [2.45, 2.75) is 0 Å². The molecule has 0 aliphatic carbocycles. The molecule has 1 aromatic heterocycles. The minimum atomic E-state index is 0.366. The standard InChI is InChI=1S/C18H12N2O/c1-3-9-15-13(6-1)8-5-11-17(15)21-18-19-12-14-7-2-4-10-16(14)20-18/h1-12H. The van der Waals surface area contributed by atoms with E-state index in [2.05, 4.69) is 22.1 Å². The Morgan fingerprint density at radius 2 is 1.48 bits per heavy atom. The van der Waals surface area contributed by atoms with Crippen LogP contribution in [0, 0.1) is 0 Å². The Morgan fingerprint density at radius 3 is 2.43 bits per heavy atom. The Kier molecular flexibility index (Phi) is 2.75. The molecule has 0 aliphatic rings. The molecule has 1 heterocycles. The highest BCUT2D eigenvalue weighted by molar-refractivity contribution is 5.88. The Hall–Kier alpha value is -2.94. The van der Waals surface area contributed by atoms with Gasteiger partial charge in [0.05, 0.1) is 5.52 Å². The molecule has 0 saturated carbocycles. The SMILES string of the molecule is c1ccc2nc(Oc3cccc4ccccc34)ncc2c1. The van der Waals surface area contributed by atoms with E-state index >= 15 is 0 Å². The molecule has 0 atom stereocenters. The summed E-state index contributed by atoms with van der Waals surface area (Å²) in [5, 5.41) is 3.19. The molecule has 0 aliphatic heterocycles. The van der Waals surface area contributed by atoms with Crippen LogP contribution in [-0.2, 0) is 0 Å². The van der Waals surface area contributed by atoms with Gasteiger partial charge in [0.15, 0.2) is 0 Å². The van der Waals surface area contributed by atoms with Crippen LogP contribution in [0.5, 0.6) is 11.8 Å². The Labute approximate surface area is 121 Å². The van der Waals surface area contributed by atoms with Crippen LogP contribution in [-0.4, -0.2) is 9.97 Å². The molecule has 100 valence electrons. The highest BCUT2D eigenvalue weighted by Crippen LogP contribution is 2.28. The van der Waals surface area contributed by atoms with Gasteiger partial charge in [0.2, 0.25) is 0 Å². The van der Waals surface area contributed by atoms with Crippen molar-refractivity contribution in [1.82, 2.24) is 9.97 Å². The largest absolute Gasteiger partial charge is 0.424 e. The van der Waals surface area contributed by atoms with Crippen LogP contribution in [0.3, 0.4) is 0 Å². The van der Waals surface area contributed by atoms with E-state index in [1.165, 1.54) is 0 Å². The maximum Gasteiger partial charge on any atom is 0.322 e. The van der Waals surface area contributed by atoms with Gasteiger partial charge in [0, 0.05) is 17.0 Å². The monoisotopic (exact) mass is 272 g/mol. The summed E-state index contributed by atoms with van der Waals surface area (Å²) in [6.45, 7) is 0. The highest BCUT2D eigenvalue weighted by atomic mass is 16.5. The van der Waals surface area contributed by atoms with Crippen molar-refractivity contribution >= 4 is 21.7 Å². The first-order valence-corrected chi connectivity index (χ1v) is 6.77. The minimum Gasteiger partial charge on any atom is -0.424 e. The van der Waals surface area contributed by atoms with Crippen LogP contribution in [0.15, 0.2) is 72.9 Å². The minimum absolute atomic E-state index is 0.366. The number of para-hydroxylation sites is 1. The number of ether oxygens (including phenoxy) is 1. The molecule has 21 heavy (non-hydrogen) atoms. The van der Waals surface area contributed by atoms with Crippen LogP contribution in [0.25, 0.3) is 21.7 Å². The smallest absolute Gasteiger partial charge is 0.322 e. The second-order valence-electron chi connectivity index (χ2n) is 4.79. The van der Waals surface area contributed by atoms with Gasteiger partial charge in [-0.1, -0.05) is 54.6 Å². The predicted molar refractivity (Wildman–Crippen MR) is 83.6 cm³/mol. The summed E-state index contributed by atoms with van der Waals surface area (Å²) in [7, 11) is 0. The molecule has 0 spiro atoms. The van der Waals surface area contributed by atoms with E-state index in [9.17, 15) is 0 Å². The molecule has 0 amide bonds. The van der Waals surface area contributed by atoms with Crippen LogP contribution in [0.1, 0.15) is 0 Å². The first-order chi connectivity index (χ1) is 10.4. The zero-order chi connectivity index (χ0) is 14.1. The molecule has 3 nitrogen and oxygen atoms in total. The van der Waals surface area contributed by atoms with Gasteiger partial charge in [0.1, 0.15) is 5.75 Å². The molecule has 4 rings (SSSR count). The van der Waals surface area contributed by atoms with Gasteiger partial charge in [-0.25, -0.2) is 4.98 Å². The maximum absolute atomic E-state index is 5.88. The third kappa shape index (κ3) is 2.19. The van der Waals surface area contributed by atoms with E-state index in [1.54, 1.807) is 6.20 Å². The first-order valence-electron chi connectivity index (χ1n) is 6.77. The van der Waals surface area contributed by atoms with Gasteiger partial charge in [-0.15, -0.1) is 0 Å². The Bertz CT molecular complexity index is 929. The molecule has 0 saturated heterocycles. The molecular weight excluding hydrogens is 260 g/mol. The molecule has 0 bridgehead atoms. The Balaban J connectivity index is 1.79. The fourth-order valence-electron chi connectivity index (χ4n) is 2.39. The molecule has 0 unspecified atom stereocenters. The average Bonchev–Trinajstić information content (AvgIpc) is 2.55. The van der Waals surface area contributed by atoms with Gasteiger partial charge < -0.3 is 4.74 Å². The summed E-state index contributed by atoms with van der Waals surface area (Å²) < 4.78 is 5.88. The van der Waals surface area contributed by atoms with E-state index in [1.807, 2.05) is 54.6 Å². The van der Waals surface area contributed by atoms with Crippen molar-refractivity contribution in [3.05, 3.63) is 72.9 Å². The van der Waals surface area contributed by atoms with Crippen LogP contribution in [0.4, 0.5) is 0 Å². The second kappa shape index (κ2) is 4.87. The van der Waals surface area contributed by atoms with Gasteiger partial charge >= 0.3 is 6.01 Å². The number of aromatic nitrogens is 2. The zero-order valence-corrected chi connectivity index (χ0v) is 11.2. The van der Waals surface area contributed by atoms with Gasteiger partial charge in [-0.05, 0) is 17.5 Å². The molecular formula is C18H12N2O. The first kappa shape index (κ1) is 11.9. The number of fused-ring (bicyclic) bond motifs is 2. The summed E-state index contributed by atoms with van der Waals surface area (Å²) >= 11 is 0. The average molecular weight is 272 g/mol. The number of benzene rings is 3. The quantitative estimate of drug-likeness (QED) is 0.536. The normalized spacial score (nSPS) is 10.9. The lowest BCUT2D eigenvalue weighted by Crippen LogP contribution is -1.92. The van der Waals surface area contributed by atoms with Crippen molar-refractivity contribution in [3.8, 4) is 11.8 Å². The van der Waals surface area contributed by atoms with Crippen LogP contribution in [0.2, 0.25) is 0 Å². The van der Waals surface area contributed by atoms with Crippen molar-refractivity contribution < 1.29 is 4.74 Å². The summed E-state index contributed by atoms with van der Waals surface area (Å²) in [5.41, 5.74) is 0.878. The van der Waals surface area contributed by atoms with Crippen LogP contribution >= 0.6 is 0 Å². The van der Waals surface area contributed by atoms with E-state index in [0.29, 0.717) is 6.01 Å². The number of rotatable bonds is 2.